The van der Waals surface area contributed by atoms with Gasteiger partial charge in [-0.2, -0.15) is 0 Å². The number of H-pyrrole nitrogens is 1. The SMILES string of the molecule is Cc1cc(C)nc(NC(=NCCc2c[nH]c3ccc(F)cc23)NC(=O)CSc2nc(C)cc(C)n2)n1. The highest BCUT2D eigenvalue weighted by Crippen LogP contribution is 2.20. The minimum Gasteiger partial charge on any atom is -0.361 e. The van der Waals surface area contributed by atoms with E-state index in [-0.39, 0.29) is 23.4 Å². The van der Waals surface area contributed by atoms with E-state index in [4.69, 9.17) is 0 Å². The minimum atomic E-state index is -0.293. The van der Waals surface area contributed by atoms with E-state index in [0.29, 0.717) is 24.1 Å². The number of carbonyl (C=O) groups excluding carboxylic acids is 1. The number of fused-ring (bicyclic) bond motifs is 1. The van der Waals surface area contributed by atoms with Crippen LogP contribution in [0.15, 0.2) is 46.7 Å². The fourth-order valence-corrected chi connectivity index (χ4v) is 4.45. The van der Waals surface area contributed by atoms with Gasteiger partial charge in [-0.3, -0.25) is 20.4 Å². The van der Waals surface area contributed by atoms with Crippen LogP contribution < -0.4 is 10.6 Å². The molecule has 0 aliphatic heterocycles. The molecule has 0 atom stereocenters. The summed E-state index contributed by atoms with van der Waals surface area (Å²) in [6, 6.07) is 8.37. The average Bonchev–Trinajstić information content (AvgIpc) is 3.18. The normalized spacial score (nSPS) is 11.6. The van der Waals surface area contributed by atoms with Gasteiger partial charge in [0, 0.05) is 46.4 Å². The van der Waals surface area contributed by atoms with E-state index in [1.807, 2.05) is 46.0 Å². The molecule has 0 aliphatic rings. The third-order valence-electron chi connectivity index (χ3n) is 5.14. The summed E-state index contributed by atoms with van der Waals surface area (Å²) in [4.78, 5) is 37.9. The number of carbonyl (C=O) groups is 1. The maximum Gasteiger partial charge on any atom is 0.237 e. The molecule has 0 saturated carbocycles. The molecule has 3 N–H and O–H groups in total. The van der Waals surface area contributed by atoms with Gasteiger partial charge >= 0.3 is 0 Å². The number of hydrogen-bond acceptors (Lipinski definition) is 7. The van der Waals surface area contributed by atoms with Crippen molar-refractivity contribution in [3.8, 4) is 0 Å². The molecule has 0 aliphatic carbocycles. The Bertz CT molecular complexity index is 1390. The average molecular weight is 507 g/mol. The van der Waals surface area contributed by atoms with Gasteiger partial charge in [0.1, 0.15) is 5.82 Å². The predicted octanol–water partition coefficient (Wildman–Crippen LogP) is 4.04. The number of aliphatic imine (C=N–C) groups is 1. The lowest BCUT2D eigenvalue weighted by atomic mass is 10.1. The van der Waals surface area contributed by atoms with Crippen LogP contribution in [0.3, 0.4) is 0 Å². The van der Waals surface area contributed by atoms with Gasteiger partial charge in [0.15, 0.2) is 5.16 Å². The van der Waals surface area contributed by atoms with Gasteiger partial charge in [-0.15, -0.1) is 0 Å². The van der Waals surface area contributed by atoms with E-state index in [1.165, 1.54) is 23.9 Å². The highest BCUT2D eigenvalue weighted by Gasteiger charge is 2.12. The number of amides is 1. The molecular formula is C25H27FN8OS. The summed E-state index contributed by atoms with van der Waals surface area (Å²) >= 11 is 1.25. The zero-order valence-corrected chi connectivity index (χ0v) is 21.3. The summed E-state index contributed by atoms with van der Waals surface area (Å²) in [5, 5.41) is 7.18. The number of halogens is 1. The highest BCUT2D eigenvalue weighted by molar-refractivity contribution is 7.99. The summed E-state index contributed by atoms with van der Waals surface area (Å²) in [6.07, 6.45) is 2.39. The maximum atomic E-state index is 13.7. The van der Waals surface area contributed by atoms with Crippen molar-refractivity contribution >= 4 is 40.5 Å². The third-order valence-corrected chi connectivity index (χ3v) is 5.99. The summed E-state index contributed by atoms with van der Waals surface area (Å²) in [5.74, 6) is 0.120. The Balaban J connectivity index is 1.47. The van der Waals surface area contributed by atoms with Crippen molar-refractivity contribution in [1.29, 1.82) is 0 Å². The van der Waals surface area contributed by atoms with E-state index in [9.17, 15) is 9.18 Å². The predicted molar refractivity (Wildman–Crippen MR) is 140 cm³/mol. The van der Waals surface area contributed by atoms with E-state index >= 15 is 0 Å². The second kappa shape index (κ2) is 11.3. The number of nitrogens with one attached hydrogen (secondary N) is 3. The number of aromatic nitrogens is 5. The van der Waals surface area contributed by atoms with Crippen molar-refractivity contribution < 1.29 is 9.18 Å². The molecule has 36 heavy (non-hydrogen) atoms. The first-order valence-electron chi connectivity index (χ1n) is 11.4. The van der Waals surface area contributed by atoms with Gasteiger partial charge in [-0.25, -0.2) is 24.3 Å². The Labute approximate surface area is 212 Å². The van der Waals surface area contributed by atoms with Gasteiger partial charge in [0.25, 0.3) is 0 Å². The van der Waals surface area contributed by atoms with Crippen molar-refractivity contribution in [2.24, 2.45) is 4.99 Å². The second-order valence-electron chi connectivity index (χ2n) is 8.35. The standard InChI is InChI=1S/C25H27FN8OS/c1-14-9-15(2)30-24(29-14)34-23(33-22(35)13-36-25-31-16(3)10-17(4)32-25)27-8-7-18-12-28-21-6-5-19(26)11-20(18)21/h5-6,9-12,28H,7-8,13H2,1-4H3,(H2,27,29,30,33,34,35). The number of aromatic amines is 1. The molecule has 3 aromatic heterocycles. The van der Waals surface area contributed by atoms with Crippen molar-refractivity contribution in [3.63, 3.8) is 0 Å². The fourth-order valence-electron chi connectivity index (χ4n) is 3.70. The monoisotopic (exact) mass is 506 g/mol. The van der Waals surface area contributed by atoms with E-state index < -0.39 is 0 Å². The molecule has 3 heterocycles. The van der Waals surface area contributed by atoms with Crippen LogP contribution in [0.5, 0.6) is 0 Å². The van der Waals surface area contributed by atoms with Crippen LogP contribution in [0, 0.1) is 33.5 Å². The molecular weight excluding hydrogens is 479 g/mol. The first-order valence-corrected chi connectivity index (χ1v) is 12.4. The lowest BCUT2D eigenvalue weighted by Crippen LogP contribution is -2.38. The summed E-state index contributed by atoms with van der Waals surface area (Å²) < 4.78 is 13.7. The summed E-state index contributed by atoms with van der Waals surface area (Å²) in [5.41, 5.74) is 5.07. The van der Waals surface area contributed by atoms with Crippen LogP contribution >= 0.6 is 11.8 Å². The number of hydrogen-bond donors (Lipinski definition) is 3. The Morgan fingerprint density at radius 2 is 1.67 bits per heavy atom. The molecule has 0 fully saturated rings. The quantitative estimate of drug-likeness (QED) is 0.150. The van der Waals surface area contributed by atoms with Crippen molar-refractivity contribution in [3.05, 3.63) is 70.7 Å². The highest BCUT2D eigenvalue weighted by atomic mass is 32.2. The molecule has 0 radical (unpaired) electrons. The number of nitrogens with zero attached hydrogens (tertiary/aromatic N) is 5. The first-order chi connectivity index (χ1) is 17.2. The van der Waals surface area contributed by atoms with Gasteiger partial charge in [-0.05, 0) is 70.0 Å². The van der Waals surface area contributed by atoms with Crippen LogP contribution in [0.2, 0.25) is 0 Å². The number of aryl methyl sites for hydroxylation is 4. The van der Waals surface area contributed by atoms with E-state index in [1.54, 1.807) is 6.07 Å². The Morgan fingerprint density at radius 3 is 2.36 bits per heavy atom. The molecule has 4 aromatic rings. The molecule has 0 unspecified atom stereocenters. The molecule has 186 valence electrons. The van der Waals surface area contributed by atoms with Gasteiger partial charge < -0.3 is 4.98 Å². The number of rotatable bonds is 7. The first kappa shape index (κ1) is 25.2. The van der Waals surface area contributed by atoms with Crippen LogP contribution in [-0.4, -0.2) is 49.1 Å². The summed E-state index contributed by atoms with van der Waals surface area (Å²) in [6.45, 7) is 7.86. The number of thioether (sulfide) groups is 1. The zero-order chi connectivity index (χ0) is 25.7. The molecule has 11 heteroatoms. The van der Waals surface area contributed by atoms with Gasteiger partial charge in [0.05, 0.1) is 5.75 Å². The lowest BCUT2D eigenvalue weighted by molar-refractivity contribution is -0.117. The van der Waals surface area contributed by atoms with Crippen LogP contribution in [0.25, 0.3) is 10.9 Å². The largest absolute Gasteiger partial charge is 0.361 e. The van der Waals surface area contributed by atoms with Crippen LogP contribution in [0.1, 0.15) is 28.3 Å². The number of anilines is 1. The Kier molecular flexibility index (Phi) is 7.89. The fraction of sp³-hybridized carbons (Fsp3) is 0.280. The topological polar surface area (TPSA) is 121 Å². The molecule has 0 saturated heterocycles. The van der Waals surface area contributed by atoms with Crippen LogP contribution in [0.4, 0.5) is 10.3 Å². The summed E-state index contributed by atoms with van der Waals surface area (Å²) in [7, 11) is 0. The molecule has 0 spiro atoms. The number of guanidine groups is 1. The van der Waals surface area contributed by atoms with Crippen molar-refractivity contribution in [2.45, 2.75) is 39.3 Å². The van der Waals surface area contributed by atoms with E-state index in [2.05, 4.69) is 40.5 Å². The van der Waals surface area contributed by atoms with Crippen molar-refractivity contribution in [1.82, 2.24) is 30.2 Å². The second-order valence-corrected chi connectivity index (χ2v) is 9.30. The minimum absolute atomic E-state index is 0.110. The Morgan fingerprint density at radius 1 is 1.00 bits per heavy atom. The van der Waals surface area contributed by atoms with Gasteiger partial charge in [-0.1, -0.05) is 11.8 Å². The molecule has 4 rings (SSSR count). The molecule has 1 aromatic carbocycles. The molecule has 1 amide bonds. The Hall–Kier alpha value is -3.86. The van der Waals surface area contributed by atoms with E-state index in [0.717, 1.165) is 39.2 Å². The smallest absolute Gasteiger partial charge is 0.237 e. The zero-order valence-electron chi connectivity index (χ0n) is 20.5. The lowest BCUT2D eigenvalue weighted by Gasteiger charge is -2.11. The van der Waals surface area contributed by atoms with Crippen LogP contribution in [-0.2, 0) is 11.2 Å². The molecule has 0 bridgehead atoms. The molecule has 9 nitrogen and oxygen atoms in total. The van der Waals surface area contributed by atoms with Crippen molar-refractivity contribution in [2.75, 3.05) is 17.6 Å². The maximum absolute atomic E-state index is 13.7. The van der Waals surface area contributed by atoms with Gasteiger partial charge in [0.2, 0.25) is 17.8 Å². The third kappa shape index (κ3) is 6.85. The number of benzene rings is 1.